The number of hydrogen-bond acceptors (Lipinski definition) is 21. The van der Waals surface area contributed by atoms with Crippen molar-refractivity contribution in [1.82, 2.24) is 50.1 Å². The number of halogens is 6. The van der Waals surface area contributed by atoms with Gasteiger partial charge in [0.2, 0.25) is 53.7 Å². The topological polar surface area (TPSA) is 395 Å². The number of carboxylic acid groups (broad SMARTS) is 2. The highest BCUT2D eigenvalue weighted by Crippen LogP contribution is 2.44. The summed E-state index contributed by atoms with van der Waals surface area (Å²) in [5, 5.41) is 33.0. The molecule has 0 spiro atoms. The molecule has 3 aliphatic heterocycles. The summed E-state index contributed by atoms with van der Waals surface area (Å²) in [4.78, 5) is 85.3. The van der Waals surface area contributed by atoms with Crippen molar-refractivity contribution in [3.05, 3.63) is 189 Å². The van der Waals surface area contributed by atoms with Crippen LogP contribution < -0.4 is 35.4 Å². The van der Waals surface area contributed by atoms with Crippen molar-refractivity contribution in [3.63, 3.8) is 0 Å². The van der Waals surface area contributed by atoms with Crippen molar-refractivity contribution < 1.29 is 92.7 Å². The molecule has 0 aromatic heterocycles. The Balaban J connectivity index is 0.730. The highest BCUT2D eigenvalue weighted by molar-refractivity contribution is 7.90. The van der Waals surface area contributed by atoms with Gasteiger partial charge in [-0.25, -0.2) is 44.2 Å². The number of likely N-dealkylation sites (N-methyl/N-ethyl adjacent to an activating group) is 3. The van der Waals surface area contributed by atoms with Gasteiger partial charge < -0.3 is 74.6 Å². The molecule has 6 aromatic rings. The number of rotatable bonds is 51. The van der Waals surface area contributed by atoms with E-state index in [2.05, 4.69) is 50.1 Å². The van der Waals surface area contributed by atoms with Gasteiger partial charge in [0, 0.05) is 152 Å². The quantitative estimate of drug-likeness (QED) is 0.0161. The lowest BCUT2D eigenvalue weighted by Crippen LogP contribution is -2.44. The van der Waals surface area contributed by atoms with Crippen LogP contribution in [0.15, 0.2) is 124 Å². The van der Waals surface area contributed by atoms with Crippen LogP contribution in [0.1, 0.15) is 119 Å². The Morgan fingerprint density at radius 2 is 0.702 bits per heavy atom. The molecule has 0 fully saturated rings. The summed E-state index contributed by atoms with van der Waals surface area (Å²) in [5.74, 6) is -6.13. The smallest absolute Gasteiger partial charge is 0.326 e. The molecule has 3 aliphatic rings. The SMILES string of the molecule is CN1Cc2c(Cl)cc(Cl)cc2[C@H](c2cccc(S(=O)(=O)NCCOCCOCCNC(=O)CCC(CCC(=O)NCCOCCOCCNS(=O)(=O)c3cccc([C@@H]4CN(C)Cc5c(Cl)cc(Cl)cc54)c3)(CCC(=O)NCCOCCOCCNS(=O)(=O)c3cccc([C@@H]4CN(C)Cc5c(Cl)cc(Cl)cc54)c3)CC(=O)N[C@@H](CC(=O)O)C(=O)O)c2)C1. The summed E-state index contributed by atoms with van der Waals surface area (Å²) in [7, 11) is -5.95. The minimum Gasteiger partial charge on any atom is -0.481 e. The number of aliphatic carboxylic acids is 2. The number of ether oxygens (including phenoxy) is 6. The van der Waals surface area contributed by atoms with Gasteiger partial charge in [-0.3, -0.25) is 24.0 Å². The zero-order chi connectivity index (χ0) is 87.4. The van der Waals surface area contributed by atoms with Crippen LogP contribution in [0.3, 0.4) is 0 Å². The van der Waals surface area contributed by atoms with Gasteiger partial charge in [0.05, 0.1) is 100 Å². The molecule has 6 aromatic carbocycles. The predicted octanol–water partition coefficient (Wildman–Crippen LogP) is 8.78. The fraction of sp³-hybridized carbons (Fsp3) is 0.488. The number of nitrogens with one attached hydrogen (secondary N) is 7. The van der Waals surface area contributed by atoms with Crippen LogP contribution in [-0.2, 0) is 107 Å². The van der Waals surface area contributed by atoms with Crippen molar-refractivity contribution in [2.45, 2.75) is 109 Å². The van der Waals surface area contributed by atoms with E-state index in [-0.39, 0.29) is 190 Å². The Labute approximate surface area is 736 Å². The number of sulfonamides is 3. The first-order chi connectivity index (χ1) is 57.7. The van der Waals surface area contributed by atoms with Crippen LogP contribution in [0, 0.1) is 5.41 Å². The molecule has 3 heterocycles. The van der Waals surface area contributed by atoms with Crippen molar-refractivity contribution in [3.8, 4) is 0 Å². The average molecular weight is 1860 g/mol. The molecular formula is C82H104Cl6N10O20S3. The third kappa shape index (κ3) is 30.5. The third-order valence-corrected chi connectivity index (χ3v) is 26.9. The Bertz CT molecular complexity index is 4490. The highest BCUT2D eigenvalue weighted by Gasteiger charge is 2.38. The molecule has 0 saturated carbocycles. The van der Waals surface area contributed by atoms with Crippen LogP contribution in [0.5, 0.6) is 0 Å². The van der Waals surface area contributed by atoms with Crippen LogP contribution in [0.25, 0.3) is 0 Å². The molecule has 662 valence electrons. The molecule has 39 heteroatoms. The largest absolute Gasteiger partial charge is 0.481 e. The number of nitrogens with zero attached hydrogens (tertiary/aromatic N) is 3. The molecule has 30 nitrogen and oxygen atoms in total. The predicted molar refractivity (Wildman–Crippen MR) is 459 cm³/mol. The van der Waals surface area contributed by atoms with Gasteiger partial charge >= 0.3 is 11.9 Å². The minimum atomic E-state index is -3.95. The Morgan fingerprint density at radius 3 is 0.983 bits per heavy atom. The molecule has 0 aliphatic carbocycles. The summed E-state index contributed by atoms with van der Waals surface area (Å²) in [6, 6.07) is 28.9. The zero-order valence-corrected chi connectivity index (χ0v) is 74.4. The van der Waals surface area contributed by atoms with E-state index in [0.29, 0.717) is 69.4 Å². The molecule has 0 saturated heterocycles. The molecule has 4 amide bonds. The van der Waals surface area contributed by atoms with E-state index in [0.717, 1.165) is 50.1 Å². The first-order valence-corrected chi connectivity index (χ1v) is 46.2. The monoisotopic (exact) mass is 1850 g/mol. The third-order valence-electron chi connectivity index (χ3n) is 20.8. The van der Waals surface area contributed by atoms with Gasteiger partial charge in [-0.2, -0.15) is 0 Å². The van der Waals surface area contributed by atoms with Crippen molar-refractivity contribution in [1.29, 1.82) is 0 Å². The number of carbonyl (C=O) groups is 6. The van der Waals surface area contributed by atoms with E-state index >= 15 is 0 Å². The van der Waals surface area contributed by atoms with Gasteiger partial charge in [0.25, 0.3) is 0 Å². The summed E-state index contributed by atoms with van der Waals surface area (Å²) >= 11 is 38.9. The van der Waals surface area contributed by atoms with Gasteiger partial charge in [-0.1, -0.05) is 106 Å². The standard InChI is InChI=1S/C82H104Cl6N10O20S3/c1-96-48-66(63-40-57(83)43-72(86)69(63)51-96)54-7-4-10-60(37-54)119(107,108)92-22-28-116-34-31-113-25-19-89-76(99)13-16-82(47-79(102)95-75(81(105)106)46-80(103)104,17-14-77(100)90-20-26-114-32-35-117-29-23-93-120(109,110)61-11-5-8-55(38-61)67-49-97(2)52-70-64(67)41-58(84)44-73(70)87)18-15-78(101)91-21-27-115-33-36-118-30-24-94-121(111,112)62-12-6-9-56(39-62)68-50-98(3)53-71-65(68)42-59(85)45-74(71)88/h4-12,37-45,66-68,75,92-94H,13-36,46-53H2,1-3H3,(H,89,99)(H,90,100)(H,91,101)(H,95,102)(H,103,104)(H,105,106)/t66-,67-,68-,75-/m0/s1. The number of amides is 4. The second-order valence-corrected chi connectivity index (χ2v) is 37.8. The maximum atomic E-state index is 14.0. The van der Waals surface area contributed by atoms with Gasteiger partial charge in [0.15, 0.2) is 0 Å². The minimum absolute atomic E-state index is 0.00940. The summed E-state index contributed by atoms with van der Waals surface area (Å²) in [6.07, 6.45) is -2.68. The summed E-state index contributed by atoms with van der Waals surface area (Å²) < 4.78 is 122. The zero-order valence-electron chi connectivity index (χ0n) is 67.4. The highest BCUT2D eigenvalue weighted by atomic mass is 35.5. The first kappa shape index (κ1) is 98.0. The fourth-order valence-electron chi connectivity index (χ4n) is 14.8. The van der Waals surface area contributed by atoms with Gasteiger partial charge in [0.1, 0.15) is 6.04 Å². The number of carboxylic acids is 2. The molecule has 0 unspecified atom stereocenters. The molecule has 9 rings (SSSR count). The number of benzene rings is 6. The van der Waals surface area contributed by atoms with E-state index in [1.165, 1.54) is 18.2 Å². The van der Waals surface area contributed by atoms with Crippen LogP contribution in [0.4, 0.5) is 0 Å². The molecule has 4 atom stereocenters. The lowest BCUT2D eigenvalue weighted by atomic mass is 9.72. The number of hydrogen-bond donors (Lipinski definition) is 9. The maximum Gasteiger partial charge on any atom is 0.326 e. The molecule has 9 N–H and O–H groups in total. The van der Waals surface area contributed by atoms with E-state index < -0.39 is 89.9 Å². The average Bonchev–Trinajstić information content (AvgIpc) is 0.780. The van der Waals surface area contributed by atoms with Gasteiger partial charge in [-0.15, -0.1) is 0 Å². The fourth-order valence-corrected chi connectivity index (χ4v) is 19.7. The maximum absolute atomic E-state index is 14.0. The lowest BCUT2D eigenvalue weighted by Gasteiger charge is -2.34. The number of carbonyl (C=O) groups excluding carboxylic acids is 4. The summed E-state index contributed by atoms with van der Waals surface area (Å²) in [5.41, 5.74) is 6.57. The normalized spacial score (nSPS) is 16.2. The van der Waals surface area contributed by atoms with Gasteiger partial charge in [-0.05, 0) is 169 Å². The second kappa shape index (κ2) is 47.5. The van der Waals surface area contributed by atoms with Crippen molar-refractivity contribution >= 4 is 135 Å². The van der Waals surface area contributed by atoms with E-state index in [4.69, 9.17) is 98.0 Å². The van der Waals surface area contributed by atoms with E-state index in [1.807, 2.05) is 57.5 Å². The lowest BCUT2D eigenvalue weighted by molar-refractivity contribution is -0.147. The molecule has 0 bridgehead atoms. The summed E-state index contributed by atoms with van der Waals surface area (Å²) in [6.45, 7) is 4.15. The van der Waals surface area contributed by atoms with E-state index in [1.54, 1.807) is 54.6 Å². The molecule has 0 radical (unpaired) electrons. The van der Waals surface area contributed by atoms with Crippen LogP contribution in [0.2, 0.25) is 30.1 Å². The first-order valence-electron chi connectivity index (χ1n) is 39.5. The Hall–Kier alpha value is -6.75. The Kier molecular flexibility index (Phi) is 38.5. The number of fused-ring (bicyclic) bond motifs is 3. The van der Waals surface area contributed by atoms with Crippen molar-refractivity contribution in [2.24, 2.45) is 5.41 Å². The molecular weight excluding hydrogens is 1750 g/mol. The molecule has 121 heavy (non-hydrogen) atoms. The second-order valence-electron chi connectivity index (χ2n) is 30.0. The van der Waals surface area contributed by atoms with E-state index in [9.17, 15) is 64.2 Å². The Morgan fingerprint density at radius 1 is 0.413 bits per heavy atom. The van der Waals surface area contributed by atoms with Crippen LogP contribution in [-0.4, -0.2) is 251 Å². The van der Waals surface area contributed by atoms with Crippen LogP contribution >= 0.6 is 69.6 Å². The van der Waals surface area contributed by atoms with Crippen molar-refractivity contribution in [2.75, 3.05) is 159 Å².